The van der Waals surface area contributed by atoms with Crippen LogP contribution in [0.3, 0.4) is 0 Å². The second kappa shape index (κ2) is 9.77. The zero-order valence-electron chi connectivity index (χ0n) is 16.3. The van der Waals surface area contributed by atoms with Gasteiger partial charge in [0.1, 0.15) is 5.60 Å². The van der Waals surface area contributed by atoms with Crippen molar-refractivity contribution in [1.82, 2.24) is 10.6 Å². The number of alkyl halides is 3. The molecule has 0 heterocycles. The minimum absolute atomic E-state index is 0.464. The molecule has 0 bridgehead atoms. The van der Waals surface area contributed by atoms with Crippen LogP contribution in [0.15, 0.2) is 30.3 Å². The van der Waals surface area contributed by atoms with Gasteiger partial charge < -0.3 is 20.5 Å². The monoisotopic (exact) mass is 404 g/mol. The lowest BCUT2D eigenvalue weighted by atomic mass is 10.0. The van der Waals surface area contributed by atoms with Gasteiger partial charge in [0.05, 0.1) is 18.5 Å². The van der Waals surface area contributed by atoms with E-state index in [1.807, 2.05) is 5.32 Å². The second-order valence-corrected chi connectivity index (χ2v) is 7.40. The van der Waals surface area contributed by atoms with Crippen LogP contribution in [0, 0.1) is 0 Å². The number of rotatable bonds is 7. The first kappa shape index (κ1) is 23.7. The molecule has 6 nitrogen and oxygen atoms in total. The van der Waals surface area contributed by atoms with E-state index in [-0.39, 0.29) is 0 Å². The van der Waals surface area contributed by atoms with Gasteiger partial charge in [0, 0.05) is 0 Å². The average molecular weight is 404 g/mol. The Labute approximate surface area is 162 Å². The number of ether oxygens (including phenoxy) is 1. The number of carbonyl (C=O) groups is 2. The number of carbonyl (C=O) groups excluding carboxylic acids is 2. The van der Waals surface area contributed by atoms with Crippen molar-refractivity contribution in [3.8, 4) is 0 Å². The van der Waals surface area contributed by atoms with Gasteiger partial charge in [-0.1, -0.05) is 37.3 Å². The molecule has 3 N–H and O–H groups in total. The quantitative estimate of drug-likeness (QED) is 0.650. The molecule has 158 valence electrons. The molecule has 0 aromatic heterocycles. The van der Waals surface area contributed by atoms with E-state index in [0.29, 0.717) is 6.42 Å². The van der Waals surface area contributed by atoms with Crippen LogP contribution in [0.2, 0.25) is 0 Å². The first-order chi connectivity index (χ1) is 12.8. The van der Waals surface area contributed by atoms with E-state index in [1.165, 1.54) is 0 Å². The number of hydrogen-bond donors (Lipinski definition) is 3. The molecule has 0 aliphatic rings. The maximum Gasteiger partial charge on any atom is 0.407 e. The van der Waals surface area contributed by atoms with E-state index < -0.39 is 48.4 Å². The minimum atomic E-state index is -4.70. The van der Waals surface area contributed by atoms with Crippen LogP contribution in [-0.4, -0.2) is 41.0 Å². The predicted octanol–water partition coefficient (Wildman–Crippen LogP) is 3.46. The maximum atomic E-state index is 12.9. The molecular weight excluding hydrogens is 377 g/mol. The molecule has 1 rings (SSSR count). The third-order valence-electron chi connectivity index (χ3n) is 3.73. The summed E-state index contributed by atoms with van der Waals surface area (Å²) in [5.41, 5.74) is -0.196. The number of alkyl carbamates (subject to hydrolysis) is 1. The maximum absolute atomic E-state index is 12.9. The summed E-state index contributed by atoms with van der Waals surface area (Å²) in [6.45, 7) is 6.41. The Morgan fingerprint density at radius 3 is 2.14 bits per heavy atom. The predicted molar refractivity (Wildman–Crippen MR) is 97.5 cm³/mol. The summed E-state index contributed by atoms with van der Waals surface area (Å²) in [6, 6.07) is 6.45. The van der Waals surface area contributed by atoms with Crippen molar-refractivity contribution in [2.45, 2.75) is 70.5 Å². The molecular formula is C19H27F3N2O4. The number of halogens is 3. The van der Waals surface area contributed by atoms with Gasteiger partial charge in [-0.25, -0.2) is 4.79 Å². The van der Waals surface area contributed by atoms with E-state index in [4.69, 9.17) is 4.74 Å². The largest absolute Gasteiger partial charge is 0.444 e. The van der Waals surface area contributed by atoms with Gasteiger partial charge in [0.25, 0.3) is 5.91 Å². The number of aliphatic hydroxyl groups is 1. The summed E-state index contributed by atoms with van der Waals surface area (Å²) in [6.07, 6.45) is -9.07. The fraction of sp³-hybridized carbons (Fsp3) is 0.579. The highest BCUT2D eigenvalue weighted by atomic mass is 19.4. The Morgan fingerprint density at radius 2 is 1.68 bits per heavy atom. The van der Waals surface area contributed by atoms with Gasteiger partial charge in [-0.15, -0.1) is 0 Å². The zero-order valence-corrected chi connectivity index (χ0v) is 16.3. The minimum Gasteiger partial charge on any atom is -0.444 e. The molecule has 3 atom stereocenters. The molecule has 2 amide bonds. The molecule has 9 heteroatoms. The lowest BCUT2D eigenvalue weighted by Gasteiger charge is -2.28. The fourth-order valence-electron chi connectivity index (χ4n) is 2.50. The first-order valence-corrected chi connectivity index (χ1v) is 8.92. The average Bonchev–Trinajstić information content (AvgIpc) is 2.56. The van der Waals surface area contributed by atoms with Gasteiger partial charge in [-0.2, -0.15) is 13.2 Å². The van der Waals surface area contributed by atoms with Crippen LogP contribution in [0.4, 0.5) is 18.0 Å². The number of hydrogen-bond acceptors (Lipinski definition) is 4. The lowest BCUT2D eigenvalue weighted by Crippen LogP contribution is -2.53. The number of amides is 2. The van der Waals surface area contributed by atoms with Gasteiger partial charge in [-0.05, 0) is 32.8 Å². The highest BCUT2D eigenvalue weighted by molar-refractivity contribution is 5.82. The number of benzene rings is 1. The molecule has 0 spiro atoms. The molecule has 0 aliphatic heterocycles. The summed E-state index contributed by atoms with van der Waals surface area (Å²) in [7, 11) is 0. The number of nitrogens with one attached hydrogen (secondary N) is 2. The summed E-state index contributed by atoms with van der Waals surface area (Å²) >= 11 is 0. The van der Waals surface area contributed by atoms with E-state index in [0.717, 1.165) is 5.56 Å². The van der Waals surface area contributed by atoms with E-state index >= 15 is 0 Å². The van der Waals surface area contributed by atoms with Crippen molar-refractivity contribution >= 4 is 12.0 Å². The SMILES string of the molecule is CC[C@@H](NC(=O)C(O)C(CC(F)(F)F)NC(=O)OC(C)(C)C)c1ccccc1. The molecule has 0 saturated carbocycles. The Morgan fingerprint density at radius 1 is 1.11 bits per heavy atom. The van der Waals surface area contributed by atoms with E-state index in [9.17, 15) is 27.9 Å². The van der Waals surface area contributed by atoms with Gasteiger partial charge in [-0.3, -0.25) is 4.79 Å². The molecule has 0 fully saturated rings. The highest BCUT2D eigenvalue weighted by Crippen LogP contribution is 2.24. The van der Waals surface area contributed by atoms with Crippen LogP contribution in [0.1, 0.15) is 52.1 Å². The highest BCUT2D eigenvalue weighted by Gasteiger charge is 2.39. The number of aliphatic hydroxyl groups excluding tert-OH is 1. The lowest BCUT2D eigenvalue weighted by molar-refractivity contribution is -0.151. The summed E-state index contributed by atoms with van der Waals surface area (Å²) in [5.74, 6) is -1.01. The summed E-state index contributed by atoms with van der Waals surface area (Å²) in [4.78, 5) is 24.2. The third-order valence-corrected chi connectivity index (χ3v) is 3.73. The zero-order chi connectivity index (χ0) is 21.5. The van der Waals surface area contributed by atoms with Gasteiger partial charge >= 0.3 is 12.3 Å². The Hall–Kier alpha value is -2.29. The molecule has 1 aromatic carbocycles. The topological polar surface area (TPSA) is 87.7 Å². The van der Waals surface area contributed by atoms with Crippen molar-refractivity contribution in [3.05, 3.63) is 35.9 Å². The smallest absolute Gasteiger partial charge is 0.407 e. The van der Waals surface area contributed by atoms with Crippen molar-refractivity contribution in [2.24, 2.45) is 0 Å². The van der Waals surface area contributed by atoms with Crippen LogP contribution in [0.5, 0.6) is 0 Å². The molecule has 0 aliphatic carbocycles. The molecule has 28 heavy (non-hydrogen) atoms. The van der Waals surface area contributed by atoms with E-state index in [2.05, 4.69) is 5.32 Å². The Kier molecular flexibility index (Phi) is 8.29. The summed E-state index contributed by atoms with van der Waals surface area (Å²) < 4.78 is 43.6. The summed E-state index contributed by atoms with van der Waals surface area (Å²) in [5, 5.41) is 14.7. The fourth-order valence-corrected chi connectivity index (χ4v) is 2.50. The second-order valence-electron chi connectivity index (χ2n) is 7.40. The standard InChI is InChI=1S/C19H27F3N2O4/c1-5-13(12-9-7-6-8-10-12)23-16(26)15(25)14(11-19(20,21)22)24-17(27)28-18(2,3)4/h6-10,13-15,25H,5,11H2,1-4H3,(H,23,26)(H,24,27)/t13-,14?,15?/m1/s1. The van der Waals surface area contributed by atoms with Crippen molar-refractivity contribution < 1.29 is 32.6 Å². The first-order valence-electron chi connectivity index (χ1n) is 8.92. The van der Waals surface area contributed by atoms with Crippen LogP contribution in [0.25, 0.3) is 0 Å². The van der Waals surface area contributed by atoms with Crippen molar-refractivity contribution in [1.29, 1.82) is 0 Å². The van der Waals surface area contributed by atoms with Crippen LogP contribution < -0.4 is 10.6 Å². The molecule has 2 unspecified atom stereocenters. The van der Waals surface area contributed by atoms with Crippen molar-refractivity contribution in [2.75, 3.05) is 0 Å². The van der Waals surface area contributed by atoms with Crippen LogP contribution in [-0.2, 0) is 9.53 Å². The third kappa shape index (κ3) is 8.60. The molecule has 0 radical (unpaired) electrons. The van der Waals surface area contributed by atoms with Gasteiger partial charge in [0.15, 0.2) is 6.10 Å². The Bertz CT molecular complexity index is 645. The van der Waals surface area contributed by atoms with Crippen molar-refractivity contribution in [3.63, 3.8) is 0 Å². The normalized spacial score (nSPS) is 15.3. The van der Waals surface area contributed by atoms with Gasteiger partial charge in [0.2, 0.25) is 0 Å². The van der Waals surface area contributed by atoms with E-state index in [1.54, 1.807) is 58.0 Å². The van der Waals surface area contributed by atoms with Crippen LogP contribution >= 0.6 is 0 Å². The molecule has 0 saturated heterocycles. The Balaban J connectivity index is 2.89. The molecule has 1 aromatic rings.